The molecule has 7 nitrogen and oxygen atoms in total. The molecule has 1 aliphatic heterocycles. The van der Waals surface area contributed by atoms with Crippen LogP contribution >= 0.6 is 23.4 Å². The molecule has 1 fully saturated rings. The molecule has 10 heteroatoms. The van der Waals surface area contributed by atoms with Gasteiger partial charge in [0.2, 0.25) is 11.9 Å². The standard InChI is InChI=1S/C21H23ClFN5O2S/c1-14-6-8-27(9-7-14)20-25-26-21(28(20)12-16-3-2-10-30-16)31-13-19(29)24-18-11-15(22)4-5-17(18)23/h2-5,10-11,14H,6-9,12-13H2,1H3,(H,24,29). The van der Waals surface area contributed by atoms with E-state index < -0.39 is 5.82 Å². The fourth-order valence-electron chi connectivity index (χ4n) is 3.44. The fraction of sp³-hybridized carbons (Fsp3) is 0.381. The zero-order valence-corrected chi connectivity index (χ0v) is 18.6. The molecule has 0 unspecified atom stereocenters. The number of nitrogens with one attached hydrogen (secondary N) is 1. The van der Waals surface area contributed by atoms with Crippen LogP contribution in [0.2, 0.25) is 5.02 Å². The first-order valence-corrected chi connectivity index (χ1v) is 11.4. The maximum atomic E-state index is 13.9. The van der Waals surface area contributed by atoms with Gasteiger partial charge in [-0.25, -0.2) is 4.39 Å². The van der Waals surface area contributed by atoms with E-state index in [-0.39, 0.29) is 17.3 Å². The van der Waals surface area contributed by atoms with E-state index in [0.717, 1.165) is 37.6 Å². The van der Waals surface area contributed by atoms with Crippen molar-refractivity contribution >= 4 is 40.9 Å². The molecule has 164 valence electrons. The predicted molar refractivity (Wildman–Crippen MR) is 119 cm³/mol. The minimum Gasteiger partial charge on any atom is -0.467 e. The normalized spacial score (nSPS) is 14.7. The second-order valence-electron chi connectivity index (χ2n) is 7.58. The number of halogens is 2. The van der Waals surface area contributed by atoms with Gasteiger partial charge in [-0.05, 0) is 49.1 Å². The second-order valence-corrected chi connectivity index (χ2v) is 8.96. The molecule has 2 aromatic heterocycles. The lowest BCUT2D eigenvalue weighted by atomic mass is 10.00. The number of amides is 1. The van der Waals surface area contributed by atoms with Crippen LogP contribution in [0, 0.1) is 11.7 Å². The summed E-state index contributed by atoms with van der Waals surface area (Å²) < 4.78 is 21.4. The highest BCUT2D eigenvalue weighted by Gasteiger charge is 2.24. The van der Waals surface area contributed by atoms with Crippen molar-refractivity contribution in [3.8, 4) is 0 Å². The summed E-state index contributed by atoms with van der Waals surface area (Å²) in [7, 11) is 0. The van der Waals surface area contributed by atoms with Gasteiger partial charge in [-0.2, -0.15) is 0 Å². The summed E-state index contributed by atoms with van der Waals surface area (Å²) in [6.07, 6.45) is 3.83. The number of thioether (sulfide) groups is 1. The molecule has 31 heavy (non-hydrogen) atoms. The molecular weight excluding hydrogens is 441 g/mol. The third-order valence-electron chi connectivity index (χ3n) is 5.19. The molecule has 0 bridgehead atoms. The molecule has 3 aromatic rings. The SMILES string of the molecule is CC1CCN(c2nnc(SCC(=O)Nc3cc(Cl)ccc3F)n2Cc2ccco2)CC1. The van der Waals surface area contributed by atoms with Crippen LogP contribution in [0.15, 0.2) is 46.2 Å². The van der Waals surface area contributed by atoms with Gasteiger partial charge in [0.15, 0.2) is 5.16 Å². The van der Waals surface area contributed by atoms with Crippen molar-refractivity contribution in [1.29, 1.82) is 0 Å². The highest BCUT2D eigenvalue weighted by Crippen LogP contribution is 2.27. The van der Waals surface area contributed by atoms with Crippen molar-refractivity contribution in [1.82, 2.24) is 14.8 Å². The minimum atomic E-state index is -0.537. The quantitative estimate of drug-likeness (QED) is 0.513. The van der Waals surface area contributed by atoms with Crippen LogP contribution in [0.3, 0.4) is 0 Å². The van der Waals surface area contributed by atoms with Crippen molar-refractivity contribution < 1.29 is 13.6 Å². The van der Waals surface area contributed by atoms with Gasteiger partial charge in [-0.15, -0.1) is 10.2 Å². The monoisotopic (exact) mass is 463 g/mol. The Morgan fingerprint density at radius 1 is 1.32 bits per heavy atom. The number of anilines is 2. The van der Waals surface area contributed by atoms with Crippen molar-refractivity contribution in [3.05, 3.63) is 53.2 Å². The molecule has 0 atom stereocenters. The highest BCUT2D eigenvalue weighted by molar-refractivity contribution is 7.99. The van der Waals surface area contributed by atoms with Gasteiger partial charge in [0.25, 0.3) is 0 Å². The molecule has 0 saturated carbocycles. The number of aromatic nitrogens is 3. The predicted octanol–water partition coefficient (Wildman–Crippen LogP) is 4.68. The molecule has 4 rings (SSSR count). The summed E-state index contributed by atoms with van der Waals surface area (Å²) in [5, 5.41) is 12.2. The number of carbonyl (C=O) groups excluding carboxylic acids is 1. The van der Waals surface area contributed by atoms with Crippen molar-refractivity contribution in [2.24, 2.45) is 5.92 Å². The number of carbonyl (C=O) groups is 1. The van der Waals surface area contributed by atoms with Crippen LogP contribution in [-0.2, 0) is 11.3 Å². The zero-order chi connectivity index (χ0) is 21.8. The van der Waals surface area contributed by atoms with E-state index in [1.54, 1.807) is 6.26 Å². The topological polar surface area (TPSA) is 76.2 Å². The number of benzene rings is 1. The number of hydrogen-bond acceptors (Lipinski definition) is 6. The van der Waals surface area contributed by atoms with Gasteiger partial charge in [0.1, 0.15) is 11.6 Å². The van der Waals surface area contributed by atoms with Crippen LogP contribution < -0.4 is 10.2 Å². The van der Waals surface area contributed by atoms with Crippen molar-refractivity contribution in [2.75, 3.05) is 29.1 Å². The van der Waals surface area contributed by atoms with Crippen LogP contribution in [0.25, 0.3) is 0 Å². The van der Waals surface area contributed by atoms with Crippen molar-refractivity contribution in [3.63, 3.8) is 0 Å². The van der Waals surface area contributed by atoms with E-state index in [9.17, 15) is 9.18 Å². The van der Waals surface area contributed by atoms with E-state index >= 15 is 0 Å². The van der Waals surface area contributed by atoms with Gasteiger partial charge in [-0.1, -0.05) is 30.3 Å². The molecule has 1 aromatic carbocycles. The van der Waals surface area contributed by atoms with Crippen LogP contribution in [0.5, 0.6) is 0 Å². The Hall–Kier alpha value is -2.52. The Morgan fingerprint density at radius 2 is 2.13 bits per heavy atom. The van der Waals surface area contributed by atoms with Gasteiger partial charge in [0.05, 0.1) is 24.2 Å². The summed E-state index contributed by atoms with van der Waals surface area (Å²) in [5.74, 6) is 1.41. The van der Waals surface area contributed by atoms with Crippen LogP contribution in [-0.4, -0.2) is 39.5 Å². The van der Waals surface area contributed by atoms with Crippen LogP contribution in [0.4, 0.5) is 16.0 Å². The summed E-state index contributed by atoms with van der Waals surface area (Å²) in [4.78, 5) is 14.6. The summed E-state index contributed by atoms with van der Waals surface area (Å²) in [5.41, 5.74) is 0.0540. The Morgan fingerprint density at radius 3 is 2.87 bits per heavy atom. The van der Waals surface area contributed by atoms with E-state index in [1.807, 2.05) is 16.7 Å². The molecule has 1 saturated heterocycles. The first-order valence-electron chi connectivity index (χ1n) is 10.1. The lowest BCUT2D eigenvalue weighted by Crippen LogP contribution is -2.35. The fourth-order valence-corrected chi connectivity index (χ4v) is 4.34. The largest absolute Gasteiger partial charge is 0.467 e. The van der Waals surface area contributed by atoms with Gasteiger partial charge in [0, 0.05) is 18.1 Å². The average Bonchev–Trinajstić information content (AvgIpc) is 3.40. The van der Waals surface area contributed by atoms with Crippen molar-refractivity contribution in [2.45, 2.75) is 31.5 Å². The lowest BCUT2D eigenvalue weighted by Gasteiger charge is -2.31. The summed E-state index contributed by atoms with van der Waals surface area (Å²) in [6, 6.07) is 7.76. The number of piperidine rings is 1. The smallest absolute Gasteiger partial charge is 0.234 e. The molecule has 1 amide bonds. The molecular formula is C21H23ClFN5O2S. The van der Waals surface area contributed by atoms with E-state index in [1.165, 1.54) is 30.0 Å². The molecule has 0 spiro atoms. The van der Waals surface area contributed by atoms with Crippen LogP contribution in [0.1, 0.15) is 25.5 Å². The maximum Gasteiger partial charge on any atom is 0.234 e. The number of nitrogens with zero attached hydrogens (tertiary/aromatic N) is 4. The number of furan rings is 1. The first-order chi connectivity index (χ1) is 15.0. The van der Waals surface area contributed by atoms with Gasteiger partial charge in [-0.3, -0.25) is 9.36 Å². The molecule has 1 aliphatic rings. The summed E-state index contributed by atoms with van der Waals surface area (Å²) >= 11 is 7.13. The van der Waals surface area contributed by atoms with E-state index in [4.69, 9.17) is 16.0 Å². The molecule has 1 N–H and O–H groups in total. The Balaban J connectivity index is 1.48. The Labute approximate surface area is 189 Å². The number of hydrogen-bond donors (Lipinski definition) is 1. The second kappa shape index (κ2) is 9.74. The Kier molecular flexibility index (Phi) is 6.82. The Bertz CT molecular complexity index is 1030. The molecule has 0 aliphatic carbocycles. The summed E-state index contributed by atoms with van der Waals surface area (Å²) in [6.45, 7) is 4.55. The lowest BCUT2D eigenvalue weighted by molar-refractivity contribution is -0.113. The third-order valence-corrected chi connectivity index (χ3v) is 6.39. The first kappa shape index (κ1) is 21.7. The minimum absolute atomic E-state index is 0.0540. The average molecular weight is 464 g/mol. The van der Waals surface area contributed by atoms with E-state index in [0.29, 0.717) is 22.6 Å². The van der Waals surface area contributed by atoms with Gasteiger partial charge < -0.3 is 14.6 Å². The zero-order valence-electron chi connectivity index (χ0n) is 17.1. The molecule has 3 heterocycles. The molecule has 0 radical (unpaired) electrons. The number of rotatable bonds is 7. The maximum absolute atomic E-state index is 13.9. The third kappa shape index (κ3) is 5.40. The van der Waals surface area contributed by atoms with E-state index in [2.05, 4.69) is 27.3 Å². The highest BCUT2D eigenvalue weighted by atomic mass is 35.5. The van der Waals surface area contributed by atoms with Gasteiger partial charge >= 0.3 is 0 Å².